The Morgan fingerprint density at radius 2 is 2.22 bits per heavy atom. The van der Waals surface area contributed by atoms with E-state index in [4.69, 9.17) is 13.9 Å². The van der Waals surface area contributed by atoms with Gasteiger partial charge in [0.05, 0.1) is 12.9 Å². The van der Waals surface area contributed by atoms with Crippen LogP contribution in [0.1, 0.15) is 24.4 Å². The average Bonchev–Trinajstić information content (AvgIpc) is 2.95. The second kappa shape index (κ2) is 4.81. The molecule has 0 aromatic carbocycles. The monoisotopic (exact) mass is 256 g/mol. The second-order valence-electron chi connectivity index (χ2n) is 4.64. The van der Waals surface area contributed by atoms with E-state index >= 15 is 0 Å². The van der Waals surface area contributed by atoms with Crippen LogP contribution in [0.2, 0.25) is 0 Å². The van der Waals surface area contributed by atoms with Gasteiger partial charge in [-0.3, -0.25) is 4.79 Å². The first kappa shape index (κ1) is 13.2. The number of furan rings is 1. The topological polar surface area (TPSA) is 89.1 Å². The summed E-state index contributed by atoms with van der Waals surface area (Å²) in [7, 11) is 0. The quantitative estimate of drug-likeness (QED) is 0.755. The Bertz CT molecular complexity index is 410. The van der Waals surface area contributed by atoms with Gasteiger partial charge in [0.2, 0.25) is 5.78 Å². The number of carbonyl (C=O) groups excluding carboxylic acids is 1. The zero-order chi connectivity index (χ0) is 13.3. The van der Waals surface area contributed by atoms with Gasteiger partial charge in [0, 0.05) is 0 Å². The molecule has 2 rings (SSSR count). The Morgan fingerprint density at radius 1 is 1.50 bits per heavy atom. The molecule has 0 bridgehead atoms. The summed E-state index contributed by atoms with van der Waals surface area (Å²) in [5, 5.41) is 19.7. The number of ether oxygens (including phenoxy) is 2. The third-order valence-electron chi connectivity index (χ3n) is 2.77. The maximum atomic E-state index is 11.8. The number of hydrogen-bond acceptors (Lipinski definition) is 6. The lowest BCUT2D eigenvalue weighted by molar-refractivity contribution is -0.157. The maximum Gasteiger partial charge on any atom is 0.229 e. The van der Waals surface area contributed by atoms with Crippen LogP contribution in [-0.2, 0) is 9.47 Å². The molecule has 1 aromatic heterocycles. The van der Waals surface area contributed by atoms with E-state index in [-0.39, 0.29) is 12.4 Å². The second-order valence-corrected chi connectivity index (χ2v) is 4.64. The van der Waals surface area contributed by atoms with Crippen LogP contribution in [0.25, 0.3) is 0 Å². The minimum absolute atomic E-state index is 0.000254. The van der Waals surface area contributed by atoms with Crippen LogP contribution in [-0.4, -0.2) is 46.7 Å². The van der Waals surface area contributed by atoms with Crippen LogP contribution >= 0.6 is 0 Å². The van der Waals surface area contributed by atoms with Crippen LogP contribution in [0, 0.1) is 0 Å². The van der Waals surface area contributed by atoms with Crippen molar-refractivity contribution in [1.29, 1.82) is 0 Å². The molecule has 6 nitrogen and oxygen atoms in total. The summed E-state index contributed by atoms with van der Waals surface area (Å²) in [6.07, 6.45) is -2.37. The van der Waals surface area contributed by atoms with Crippen molar-refractivity contribution in [3.63, 3.8) is 0 Å². The first-order valence-electron chi connectivity index (χ1n) is 5.66. The SMILES string of the molecule is CC1(C)OC[C@H]([C@H](O)[C@@H](O)C(=O)c2ccco2)O1. The fraction of sp³-hybridized carbons (Fsp3) is 0.583. The number of ketones is 1. The summed E-state index contributed by atoms with van der Waals surface area (Å²) < 4.78 is 15.5. The van der Waals surface area contributed by atoms with Crippen molar-refractivity contribution in [1.82, 2.24) is 0 Å². The van der Waals surface area contributed by atoms with Gasteiger partial charge in [-0.15, -0.1) is 0 Å². The molecule has 0 aliphatic carbocycles. The third-order valence-corrected chi connectivity index (χ3v) is 2.77. The van der Waals surface area contributed by atoms with E-state index in [1.54, 1.807) is 13.8 Å². The molecule has 1 aliphatic heterocycles. The molecule has 1 aliphatic rings. The highest BCUT2D eigenvalue weighted by atomic mass is 16.7. The van der Waals surface area contributed by atoms with Crippen molar-refractivity contribution in [3.8, 4) is 0 Å². The van der Waals surface area contributed by atoms with Crippen molar-refractivity contribution in [3.05, 3.63) is 24.2 Å². The van der Waals surface area contributed by atoms with Crippen molar-refractivity contribution in [2.45, 2.75) is 37.9 Å². The Labute approximate surface area is 104 Å². The van der Waals surface area contributed by atoms with Crippen molar-refractivity contribution in [2.24, 2.45) is 0 Å². The van der Waals surface area contributed by atoms with Crippen LogP contribution in [0.15, 0.2) is 22.8 Å². The fourth-order valence-corrected chi connectivity index (χ4v) is 1.81. The minimum atomic E-state index is -1.60. The number of Topliss-reactive ketones (excluding diaryl/α,β-unsaturated/α-hetero) is 1. The first-order chi connectivity index (χ1) is 8.41. The lowest BCUT2D eigenvalue weighted by Gasteiger charge is -2.22. The molecule has 1 saturated heterocycles. The molecule has 18 heavy (non-hydrogen) atoms. The van der Waals surface area contributed by atoms with E-state index in [1.807, 2.05) is 0 Å². The molecule has 0 radical (unpaired) electrons. The van der Waals surface area contributed by atoms with Gasteiger partial charge >= 0.3 is 0 Å². The van der Waals surface area contributed by atoms with E-state index in [9.17, 15) is 15.0 Å². The molecule has 1 fully saturated rings. The van der Waals surface area contributed by atoms with Gasteiger partial charge in [0.25, 0.3) is 0 Å². The predicted molar refractivity (Wildman–Crippen MR) is 60.0 cm³/mol. The summed E-state index contributed by atoms with van der Waals surface area (Å²) in [6.45, 7) is 3.51. The van der Waals surface area contributed by atoms with Gasteiger partial charge in [-0.05, 0) is 26.0 Å². The van der Waals surface area contributed by atoms with E-state index in [1.165, 1.54) is 18.4 Å². The number of rotatable bonds is 4. The lowest BCUT2D eigenvalue weighted by Crippen LogP contribution is -2.44. The van der Waals surface area contributed by atoms with Gasteiger partial charge in [-0.2, -0.15) is 0 Å². The molecule has 0 spiro atoms. The largest absolute Gasteiger partial charge is 0.461 e. The number of aliphatic hydroxyl groups excluding tert-OH is 2. The van der Waals surface area contributed by atoms with Crippen LogP contribution in [0.5, 0.6) is 0 Å². The Morgan fingerprint density at radius 3 is 2.72 bits per heavy atom. The number of aliphatic hydroxyl groups is 2. The molecule has 1 aromatic rings. The normalized spacial score (nSPS) is 25.9. The smallest absolute Gasteiger partial charge is 0.229 e. The predicted octanol–water partition coefficient (Wildman–Crippen LogP) is 0.336. The van der Waals surface area contributed by atoms with Crippen LogP contribution in [0.3, 0.4) is 0 Å². The lowest BCUT2D eigenvalue weighted by atomic mass is 10.0. The van der Waals surface area contributed by atoms with E-state index < -0.39 is 29.9 Å². The van der Waals surface area contributed by atoms with Crippen molar-refractivity contribution in [2.75, 3.05) is 6.61 Å². The standard InChI is InChI=1S/C12H16O6/c1-12(2)17-6-8(18-12)10(14)11(15)9(13)7-4-3-5-16-7/h3-5,8,10-11,14-15H,6H2,1-2H3/t8-,10+,11+/m1/s1. The molecule has 0 amide bonds. The highest BCUT2D eigenvalue weighted by Crippen LogP contribution is 2.25. The highest BCUT2D eigenvalue weighted by molar-refractivity contribution is 5.97. The molecular formula is C12H16O6. The number of hydrogen-bond donors (Lipinski definition) is 2. The minimum Gasteiger partial charge on any atom is -0.461 e. The average molecular weight is 256 g/mol. The summed E-state index contributed by atoms with van der Waals surface area (Å²) in [4.78, 5) is 11.8. The molecule has 2 heterocycles. The molecule has 6 heteroatoms. The zero-order valence-corrected chi connectivity index (χ0v) is 10.2. The summed E-state index contributed by atoms with van der Waals surface area (Å²) in [5.74, 6) is -1.50. The molecule has 0 saturated carbocycles. The fourth-order valence-electron chi connectivity index (χ4n) is 1.81. The Balaban J connectivity index is 2.01. The van der Waals surface area contributed by atoms with Gasteiger partial charge < -0.3 is 24.1 Å². The van der Waals surface area contributed by atoms with Crippen LogP contribution < -0.4 is 0 Å². The molecular weight excluding hydrogens is 240 g/mol. The Hall–Kier alpha value is -1.21. The third kappa shape index (κ3) is 2.62. The molecule has 2 N–H and O–H groups in total. The zero-order valence-electron chi connectivity index (χ0n) is 10.2. The van der Waals surface area contributed by atoms with E-state index in [2.05, 4.69) is 0 Å². The summed E-state index contributed by atoms with van der Waals surface area (Å²) in [5.41, 5.74) is 0. The Kier molecular flexibility index (Phi) is 3.54. The molecule has 100 valence electrons. The number of carbonyl (C=O) groups is 1. The van der Waals surface area contributed by atoms with Crippen molar-refractivity contribution < 1.29 is 28.9 Å². The molecule has 3 atom stereocenters. The van der Waals surface area contributed by atoms with Gasteiger partial charge in [0.1, 0.15) is 18.3 Å². The summed E-state index contributed by atoms with van der Waals surface area (Å²) >= 11 is 0. The highest BCUT2D eigenvalue weighted by Gasteiger charge is 2.41. The van der Waals surface area contributed by atoms with Gasteiger partial charge in [0.15, 0.2) is 11.5 Å². The summed E-state index contributed by atoms with van der Waals surface area (Å²) in [6, 6.07) is 2.96. The van der Waals surface area contributed by atoms with Crippen molar-refractivity contribution >= 4 is 5.78 Å². The van der Waals surface area contributed by atoms with E-state index in [0.29, 0.717) is 0 Å². The van der Waals surface area contributed by atoms with E-state index in [0.717, 1.165) is 0 Å². The molecule has 0 unspecified atom stereocenters. The maximum absolute atomic E-state index is 11.8. The van der Waals surface area contributed by atoms with Crippen LogP contribution in [0.4, 0.5) is 0 Å². The first-order valence-corrected chi connectivity index (χ1v) is 5.66. The van der Waals surface area contributed by atoms with Gasteiger partial charge in [-0.1, -0.05) is 0 Å². The van der Waals surface area contributed by atoms with Gasteiger partial charge in [-0.25, -0.2) is 0 Å².